The lowest BCUT2D eigenvalue weighted by Gasteiger charge is -2.02. The smallest absolute Gasteiger partial charge is 0.118 e. The van der Waals surface area contributed by atoms with Crippen molar-refractivity contribution in [2.75, 3.05) is 13.2 Å². The molecule has 1 atom stereocenters. The van der Waals surface area contributed by atoms with Crippen LogP contribution in [0.2, 0.25) is 0 Å². The average Bonchev–Trinajstić information content (AvgIpc) is 2.64. The molecule has 0 aromatic carbocycles. The van der Waals surface area contributed by atoms with Crippen LogP contribution in [-0.4, -0.2) is 23.9 Å². The van der Waals surface area contributed by atoms with Gasteiger partial charge in [-0.25, -0.2) is 0 Å². The first kappa shape index (κ1) is 7.76. The molecule has 0 amide bonds. The Balaban J connectivity index is 2.32. The zero-order chi connectivity index (χ0) is 7.61. The van der Waals surface area contributed by atoms with Gasteiger partial charge in [0, 0.05) is 0 Å². The number of hydrogen-bond donors (Lipinski definition) is 1. The lowest BCUT2D eigenvalue weighted by atomic mass is 10.1. The molecule has 0 spiro atoms. The normalized spacial score (nSPS) is 29.9. The molecule has 2 heteroatoms. The molecule has 0 radical (unpaired) electrons. The summed E-state index contributed by atoms with van der Waals surface area (Å²) in [5.41, 5.74) is 1.08. The van der Waals surface area contributed by atoms with E-state index in [0.717, 1.165) is 6.42 Å². The van der Waals surface area contributed by atoms with Gasteiger partial charge in [0.25, 0.3) is 0 Å². The zero-order valence-corrected chi connectivity index (χ0v) is 6.55. The summed E-state index contributed by atoms with van der Waals surface area (Å²) in [6.07, 6.45) is 2.95. The highest BCUT2D eigenvalue weighted by Gasteiger charge is 2.42. The van der Waals surface area contributed by atoms with Gasteiger partial charge >= 0.3 is 0 Å². The lowest BCUT2D eigenvalue weighted by molar-refractivity contribution is 0.173. The highest BCUT2D eigenvalue weighted by Crippen LogP contribution is 2.30. The zero-order valence-electron chi connectivity index (χ0n) is 6.55. The monoisotopic (exact) mass is 142 g/mol. The highest BCUT2D eigenvalue weighted by molar-refractivity contribution is 5.03. The summed E-state index contributed by atoms with van der Waals surface area (Å²) in [6.45, 7) is 4.96. The lowest BCUT2D eigenvalue weighted by Crippen LogP contribution is -2.14. The molecule has 1 saturated heterocycles. The number of epoxide rings is 1. The Labute approximate surface area is 61.5 Å². The molecule has 1 unspecified atom stereocenters. The third kappa shape index (κ3) is 1.82. The summed E-state index contributed by atoms with van der Waals surface area (Å²) in [6, 6.07) is 0. The predicted octanol–water partition coefficient (Wildman–Crippen LogP) is 1.10. The molecule has 0 aliphatic carbocycles. The van der Waals surface area contributed by atoms with Crippen LogP contribution in [0.4, 0.5) is 0 Å². The Hall–Kier alpha value is -0.340. The second kappa shape index (κ2) is 2.72. The Kier molecular flexibility index (Phi) is 2.11. The summed E-state index contributed by atoms with van der Waals surface area (Å²) in [4.78, 5) is 0. The third-order valence-corrected chi connectivity index (χ3v) is 1.72. The molecule has 0 aromatic rings. The summed E-state index contributed by atoms with van der Waals surface area (Å²) in [5, 5.41) is 8.82. The minimum absolute atomic E-state index is 0.150. The van der Waals surface area contributed by atoms with E-state index in [1.807, 2.05) is 13.8 Å². The first-order chi connectivity index (χ1) is 4.68. The predicted molar refractivity (Wildman–Crippen MR) is 39.8 cm³/mol. The van der Waals surface area contributed by atoms with E-state index in [2.05, 4.69) is 6.08 Å². The van der Waals surface area contributed by atoms with E-state index >= 15 is 0 Å². The molecule has 1 aliphatic heterocycles. The summed E-state index contributed by atoms with van der Waals surface area (Å²) >= 11 is 0. The van der Waals surface area contributed by atoms with Crippen molar-refractivity contribution in [2.24, 2.45) is 0 Å². The summed E-state index contributed by atoms with van der Waals surface area (Å²) in [5.74, 6) is 0. The van der Waals surface area contributed by atoms with Crippen LogP contribution in [0.1, 0.15) is 20.3 Å². The van der Waals surface area contributed by atoms with Crippen LogP contribution in [0.3, 0.4) is 0 Å². The minimum atomic E-state index is -0.197. The van der Waals surface area contributed by atoms with Crippen LogP contribution < -0.4 is 0 Å². The molecular formula is C8H14O2. The SMILES string of the molecule is CC(C)=CCC1(CO)CO1. The van der Waals surface area contributed by atoms with E-state index in [-0.39, 0.29) is 12.2 Å². The van der Waals surface area contributed by atoms with Crippen LogP contribution in [-0.2, 0) is 4.74 Å². The van der Waals surface area contributed by atoms with Gasteiger partial charge in [-0.1, -0.05) is 11.6 Å². The number of allylic oxidation sites excluding steroid dienone is 1. The van der Waals surface area contributed by atoms with Gasteiger partial charge in [0.05, 0.1) is 13.2 Å². The van der Waals surface area contributed by atoms with Crippen LogP contribution in [0.15, 0.2) is 11.6 Å². The number of rotatable bonds is 3. The number of hydrogen-bond acceptors (Lipinski definition) is 2. The van der Waals surface area contributed by atoms with Gasteiger partial charge in [0.1, 0.15) is 5.60 Å². The van der Waals surface area contributed by atoms with Crippen LogP contribution in [0.25, 0.3) is 0 Å². The van der Waals surface area contributed by atoms with Crippen molar-refractivity contribution < 1.29 is 9.84 Å². The van der Waals surface area contributed by atoms with Crippen molar-refractivity contribution in [2.45, 2.75) is 25.9 Å². The molecule has 58 valence electrons. The molecule has 1 aliphatic rings. The summed E-state index contributed by atoms with van der Waals surface area (Å²) in [7, 11) is 0. The van der Waals surface area contributed by atoms with Gasteiger partial charge in [-0.05, 0) is 20.3 Å². The van der Waals surface area contributed by atoms with Crippen LogP contribution in [0.5, 0.6) is 0 Å². The second-order valence-electron chi connectivity index (χ2n) is 3.12. The van der Waals surface area contributed by atoms with Gasteiger partial charge in [0.2, 0.25) is 0 Å². The first-order valence-corrected chi connectivity index (χ1v) is 3.57. The number of ether oxygens (including phenoxy) is 1. The highest BCUT2D eigenvalue weighted by atomic mass is 16.6. The van der Waals surface area contributed by atoms with Gasteiger partial charge < -0.3 is 9.84 Å². The van der Waals surface area contributed by atoms with E-state index in [1.54, 1.807) is 0 Å². The molecule has 1 fully saturated rings. The molecule has 10 heavy (non-hydrogen) atoms. The van der Waals surface area contributed by atoms with E-state index in [0.29, 0.717) is 6.61 Å². The molecule has 2 nitrogen and oxygen atoms in total. The van der Waals surface area contributed by atoms with Gasteiger partial charge in [-0.15, -0.1) is 0 Å². The van der Waals surface area contributed by atoms with Crippen LogP contribution >= 0.6 is 0 Å². The van der Waals surface area contributed by atoms with Crippen LogP contribution in [0, 0.1) is 0 Å². The Bertz CT molecular complexity index is 141. The fraction of sp³-hybridized carbons (Fsp3) is 0.750. The topological polar surface area (TPSA) is 32.8 Å². The van der Waals surface area contributed by atoms with Gasteiger partial charge in [-0.2, -0.15) is 0 Å². The maximum atomic E-state index is 8.82. The van der Waals surface area contributed by atoms with Crippen molar-refractivity contribution in [3.05, 3.63) is 11.6 Å². The largest absolute Gasteiger partial charge is 0.393 e. The number of aliphatic hydroxyl groups is 1. The standard InChI is InChI=1S/C8H14O2/c1-7(2)3-4-8(5-9)6-10-8/h3,9H,4-6H2,1-2H3. The van der Waals surface area contributed by atoms with Gasteiger partial charge in [-0.3, -0.25) is 0 Å². The van der Waals surface area contributed by atoms with E-state index in [4.69, 9.17) is 9.84 Å². The fourth-order valence-corrected chi connectivity index (χ4v) is 0.766. The quantitative estimate of drug-likeness (QED) is 0.473. The molecule has 0 saturated carbocycles. The molecule has 1 rings (SSSR count). The maximum Gasteiger partial charge on any atom is 0.118 e. The minimum Gasteiger partial charge on any atom is -0.393 e. The molecular weight excluding hydrogens is 128 g/mol. The molecule has 1 heterocycles. The number of aliphatic hydroxyl groups excluding tert-OH is 1. The van der Waals surface area contributed by atoms with Crippen molar-refractivity contribution in [3.63, 3.8) is 0 Å². The molecule has 0 bridgehead atoms. The van der Waals surface area contributed by atoms with E-state index < -0.39 is 0 Å². The molecule has 1 N–H and O–H groups in total. The van der Waals surface area contributed by atoms with E-state index in [9.17, 15) is 0 Å². The van der Waals surface area contributed by atoms with Crippen molar-refractivity contribution in [1.29, 1.82) is 0 Å². The fourth-order valence-electron chi connectivity index (χ4n) is 0.766. The summed E-state index contributed by atoms with van der Waals surface area (Å²) < 4.78 is 5.10. The first-order valence-electron chi connectivity index (χ1n) is 3.57. The third-order valence-electron chi connectivity index (χ3n) is 1.72. The Morgan fingerprint density at radius 2 is 2.30 bits per heavy atom. The van der Waals surface area contributed by atoms with Crippen molar-refractivity contribution in [3.8, 4) is 0 Å². The average molecular weight is 142 g/mol. The second-order valence-corrected chi connectivity index (χ2v) is 3.12. The van der Waals surface area contributed by atoms with Crippen molar-refractivity contribution >= 4 is 0 Å². The Morgan fingerprint density at radius 1 is 1.70 bits per heavy atom. The van der Waals surface area contributed by atoms with Crippen molar-refractivity contribution in [1.82, 2.24) is 0 Å². The van der Waals surface area contributed by atoms with Gasteiger partial charge in [0.15, 0.2) is 0 Å². The maximum absolute atomic E-state index is 8.82. The van der Waals surface area contributed by atoms with E-state index in [1.165, 1.54) is 5.57 Å². The molecule has 0 aromatic heterocycles. The Morgan fingerprint density at radius 3 is 2.60 bits per heavy atom.